The number of hydrogen-bond acceptors (Lipinski definition) is 3. The number of aliphatic carboxylic acids is 2. The van der Waals surface area contributed by atoms with Crippen molar-refractivity contribution in [3.8, 4) is 0 Å². The Labute approximate surface area is 149 Å². The van der Waals surface area contributed by atoms with Gasteiger partial charge >= 0.3 is 11.9 Å². The number of unbranched alkanes of at least 4 members (excludes halogenated alkanes) is 8. The van der Waals surface area contributed by atoms with Crippen molar-refractivity contribution in [3.63, 3.8) is 0 Å². The van der Waals surface area contributed by atoms with E-state index in [1.54, 1.807) is 0 Å². The molecule has 0 aromatic rings. The van der Waals surface area contributed by atoms with Crippen LogP contribution in [0.1, 0.15) is 84.0 Å². The van der Waals surface area contributed by atoms with Crippen LogP contribution in [0.5, 0.6) is 0 Å². The first kappa shape index (κ1) is 22.7. The SMILES string of the molecule is CCCCCCCCCCCC(=O)N(Cl)[C@@H](CCC(=O)O)C(=O)O. The fraction of sp³-hybridized carbons (Fsp3) is 0.824. The maximum atomic E-state index is 11.9. The van der Waals surface area contributed by atoms with Crippen molar-refractivity contribution in [3.05, 3.63) is 0 Å². The van der Waals surface area contributed by atoms with Gasteiger partial charge in [0.25, 0.3) is 0 Å². The number of carbonyl (C=O) groups excluding carboxylic acids is 1. The van der Waals surface area contributed by atoms with Crippen LogP contribution in [-0.2, 0) is 14.4 Å². The van der Waals surface area contributed by atoms with Crippen molar-refractivity contribution in [2.24, 2.45) is 0 Å². The van der Waals surface area contributed by atoms with Crippen LogP contribution in [0.3, 0.4) is 0 Å². The van der Waals surface area contributed by atoms with Crippen LogP contribution in [0.4, 0.5) is 0 Å². The summed E-state index contributed by atoms with van der Waals surface area (Å²) in [5.74, 6) is -2.86. The van der Waals surface area contributed by atoms with Crippen LogP contribution >= 0.6 is 11.8 Å². The average Bonchev–Trinajstić information content (AvgIpc) is 2.52. The number of nitrogens with zero attached hydrogens (tertiary/aromatic N) is 1. The second kappa shape index (κ2) is 14.1. The van der Waals surface area contributed by atoms with Gasteiger partial charge in [-0.2, -0.15) is 0 Å². The number of amides is 1. The van der Waals surface area contributed by atoms with Crippen molar-refractivity contribution in [2.75, 3.05) is 0 Å². The summed E-state index contributed by atoms with van der Waals surface area (Å²) in [4.78, 5) is 33.6. The minimum absolute atomic E-state index is 0.191. The molecule has 0 bridgehead atoms. The molecule has 0 unspecified atom stereocenters. The average molecular weight is 364 g/mol. The molecular formula is C17H30ClNO5. The zero-order valence-corrected chi connectivity index (χ0v) is 15.3. The van der Waals surface area contributed by atoms with Crippen LogP contribution in [0.25, 0.3) is 0 Å². The summed E-state index contributed by atoms with van der Waals surface area (Å²) in [6.07, 6.45) is 9.72. The maximum absolute atomic E-state index is 11.9. The number of rotatable bonds is 15. The van der Waals surface area contributed by atoms with Crippen molar-refractivity contribution >= 4 is 29.6 Å². The number of hydrogen-bond donors (Lipinski definition) is 2. The van der Waals surface area contributed by atoms with Gasteiger partial charge in [0.15, 0.2) is 0 Å². The number of carboxylic acid groups (broad SMARTS) is 2. The van der Waals surface area contributed by atoms with E-state index < -0.39 is 23.9 Å². The summed E-state index contributed by atoms with van der Waals surface area (Å²) in [5.41, 5.74) is 0. The zero-order chi connectivity index (χ0) is 18.4. The van der Waals surface area contributed by atoms with E-state index in [0.29, 0.717) is 10.8 Å². The van der Waals surface area contributed by atoms with Gasteiger partial charge in [-0.1, -0.05) is 58.3 Å². The minimum Gasteiger partial charge on any atom is -0.481 e. The molecule has 7 heteroatoms. The first-order valence-corrected chi connectivity index (χ1v) is 9.16. The summed E-state index contributed by atoms with van der Waals surface area (Å²) < 4.78 is 0.649. The van der Waals surface area contributed by atoms with Gasteiger partial charge in [0.1, 0.15) is 6.04 Å². The predicted molar refractivity (Wildman–Crippen MR) is 92.8 cm³/mol. The van der Waals surface area contributed by atoms with Gasteiger partial charge < -0.3 is 10.2 Å². The van der Waals surface area contributed by atoms with Gasteiger partial charge in [-0.05, 0) is 12.8 Å². The Balaban J connectivity index is 3.91. The lowest BCUT2D eigenvalue weighted by atomic mass is 10.1. The third kappa shape index (κ3) is 11.3. The Morgan fingerprint density at radius 2 is 1.38 bits per heavy atom. The van der Waals surface area contributed by atoms with Crippen molar-refractivity contribution < 1.29 is 24.6 Å². The van der Waals surface area contributed by atoms with E-state index in [0.717, 1.165) is 19.3 Å². The van der Waals surface area contributed by atoms with E-state index in [4.69, 9.17) is 22.0 Å². The first-order chi connectivity index (χ1) is 11.4. The van der Waals surface area contributed by atoms with Crippen LogP contribution < -0.4 is 0 Å². The lowest BCUT2D eigenvalue weighted by Crippen LogP contribution is -2.39. The zero-order valence-electron chi connectivity index (χ0n) is 14.5. The molecule has 0 aromatic heterocycles. The molecule has 2 N–H and O–H groups in total. The minimum atomic E-state index is -1.30. The highest BCUT2D eigenvalue weighted by molar-refractivity contribution is 6.22. The molecule has 0 aliphatic carbocycles. The molecule has 0 heterocycles. The molecule has 1 amide bonds. The lowest BCUT2D eigenvalue weighted by Gasteiger charge is -2.21. The van der Waals surface area contributed by atoms with E-state index in [2.05, 4.69) is 6.92 Å². The highest BCUT2D eigenvalue weighted by Crippen LogP contribution is 2.16. The van der Waals surface area contributed by atoms with E-state index in [1.807, 2.05) is 0 Å². The Bertz CT molecular complexity index is 389. The van der Waals surface area contributed by atoms with Crippen LogP contribution in [0.2, 0.25) is 0 Å². The largest absolute Gasteiger partial charge is 0.481 e. The summed E-state index contributed by atoms with van der Waals surface area (Å²) >= 11 is 5.80. The lowest BCUT2D eigenvalue weighted by molar-refractivity contribution is -0.147. The summed E-state index contributed by atoms with van der Waals surface area (Å²) in [6.45, 7) is 2.19. The highest BCUT2D eigenvalue weighted by Gasteiger charge is 2.28. The molecule has 0 rings (SSSR count). The fourth-order valence-corrected chi connectivity index (χ4v) is 2.73. The summed E-state index contributed by atoms with van der Waals surface area (Å²) in [6, 6.07) is -1.30. The highest BCUT2D eigenvalue weighted by atomic mass is 35.5. The van der Waals surface area contributed by atoms with E-state index in [-0.39, 0.29) is 19.3 Å². The van der Waals surface area contributed by atoms with E-state index in [9.17, 15) is 14.4 Å². The second-order valence-electron chi connectivity index (χ2n) is 6.07. The first-order valence-electron chi connectivity index (χ1n) is 8.82. The molecule has 6 nitrogen and oxygen atoms in total. The van der Waals surface area contributed by atoms with Crippen LogP contribution in [0.15, 0.2) is 0 Å². The van der Waals surface area contributed by atoms with Crippen LogP contribution in [-0.4, -0.2) is 38.5 Å². The predicted octanol–water partition coefficient (Wildman–Crippen LogP) is 4.21. The Morgan fingerprint density at radius 3 is 1.83 bits per heavy atom. The van der Waals surface area contributed by atoms with Gasteiger partial charge in [0, 0.05) is 24.6 Å². The van der Waals surface area contributed by atoms with Gasteiger partial charge in [-0.3, -0.25) is 9.59 Å². The maximum Gasteiger partial charge on any atom is 0.327 e. The molecule has 0 fully saturated rings. The van der Waals surface area contributed by atoms with Crippen LogP contribution in [0, 0.1) is 0 Å². The molecular weight excluding hydrogens is 334 g/mol. The number of halogens is 1. The van der Waals surface area contributed by atoms with E-state index >= 15 is 0 Å². The van der Waals surface area contributed by atoms with Crippen molar-refractivity contribution in [1.82, 2.24) is 4.42 Å². The number of carbonyl (C=O) groups is 3. The smallest absolute Gasteiger partial charge is 0.327 e. The molecule has 0 aromatic carbocycles. The van der Waals surface area contributed by atoms with Gasteiger partial charge in [0.05, 0.1) is 0 Å². The molecule has 24 heavy (non-hydrogen) atoms. The second-order valence-corrected chi connectivity index (χ2v) is 6.43. The molecule has 0 spiro atoms. The molecule has 1 atom stereocenters. The Hall–Kier alpha value is -1.30. The fourth-order valence-electron chi connectivity index (χ4n) is 2.46. The van der Waals surface area contributed by atoms with Gasteiger partial charge in [0.2, 0.25) is 5.91 Å². The third-order valence-electron chi connectivity index (χ3n) is 3.92. The molecule has 0 saturated heterocycles. The molecule has 0 saturated carbocycles. The quantitative estimate of drug-likeness (QED) is 0.335. The number of carboxylic acids is 2. The van der Waals surface area contributed by atoms with Gasteiger partial charge in [-0.15, -0.1) is 0 Å². The summed E-state index contributed by atoms with van der Waals surface area (Å²) in [5, 5.41) is 17.7. The van der Waals surface area contributed by atoms with Crippen molar-refractivity contribution in [2.45, 2.75) is 90.0 Å². The topological polar surface area (TPSA) is 94.9 Å². The summed E-state index contributed by atoms with van der Waals surface area (Å²) in [7, 11) is 0. The van der Waals surface area contributed by atoms with Gasteiger partial charge in [-0.25, -0.2) is 9.21 Å². The van der Waals surface area contributed by atoms with E-state index in [1.165, 1.54) is 32.1 Å². The standard InChI is InChI=1S/C17H30ClNO5/c1-2-3-4-5-6-7-8-9-10-11-15(20)19(18)14(17(23)24)12-13-16(21)22/h14H,2-13H2,1H3,(H,21,22)(H,23,24)/t14-/m0/s1. The molecule has 0 aliphatic rings. The Morgan fingerprint density at radius 1 is 0.875 bits per heavy atom. The molecule has 0 aliphatic heterocycles. The van der Waals surface area contributed by atoms with Crippen molar-refractivity contribution in [1.29, 1.82) is 0 Å². The molecule has 140 valence electrons. The Kier molecular flexibility index (Phi) is 13.3. The third-order valence-corrected chi connectivity index (χ3v) is 4.35. The molecule has 0 radical (unpaired) electrons. The normalized spacial score (nSPS) is 11.9. The monoisotopic (exact) mass is 363 g/mol.